The third-order valence-corrected chi connectivity index (χ3v) is 0.802. The standard InChI is InChI=1S/C5H14N2O2/c1-4(8)7-5(6)3-9-2/h4-5,7-8H,3,6H2,1-2H3. The Hall–Kier alpha value is -0.160. The van der Waals surface area contributed by atoms with Crippen LogP contribution in [0.1, 0.15) is 6.92 Å². The zero-order chi connectivity index (χ0) is 7.28. The van der Waals surface area contributed by atoms with Gasteiger partial charge >= 0.3 is 0 Å². The summed E-state index contributed by atoms with van der Waals surface area (Å²) < 4.78 is 4.71. The van der Waals surface area contributed by atoms with E-state index in [1.807, 2.05) is 0 Å². The van der Waals surface area contributed by atoms with Gasteiger partial charge in [0.15, 0.2) is 0 Å². The summed E-state index contributed by atoms with van der Waals surface area (Å²) in [6.45, 7) is 2.01. The predicted molar refractivity (Wildman–Crippen MR) is 34.7 cm³/mol. The average Bonchev–Trinajstić information content (AvgIpc) is 1.63. The lowest BCUT2D eigenvalue weighted by atomic mass is 10.5. The highest BCUT2D eigenvalue weighted by Crippen LogP contribution is 1.76. The number of hydrogen-bond donors (Lipinski definition) is 3. The molecule has 4 nitrogen and oxygen atoms in total. The Morgan fingerprint density at radius 1 is 1.78 bits per heavy atom. The highest BCUT2D eigenvalue weighted by Gasteiger charge is 2.01. The molecule has 0 aromatic carbocycles. The van der Waals surface area contributed by atoms with E-state index in [4.69, 9.17) is 15.6 Å². The van der Waals surface area contributed by atoms with Gasteiger partial charge in [0.05, 0.1) is 12.8 Å². The van der Waals surface area contributed by atoms with Gasteiger partial charge in [-0.3, -0.25) is 5.32 Å². The van der Waals surface area contributed by atoms with E-state index in [1.165, 1.54) is 0 Å². The van der Waals surface area contributed by atoms with E-state index in [2.05, 4.69) is 5.32 Å². The smallest absolute Gasteiger partial charge is 0.103 e. The van der Waals surface area contributed by atoms with Crippen LogP contribution >= 0.6 is 0 Å². The number of ether oxygens (including phenoxy) is 1. The van der Waals surface area contributed by atoms with Crippen LogP contribution in [0.3, 0.4) is 0 Å². The summed E-state index contributed by atoms with van der Waals surface area (Å²) in [5.74, 6) is 0. The van der Waals surface area contributed by atoms with Gasteiger partial charge < -0.3 is 15.6 Å². The van der Waals surface area contributed by atoms with Crippen LogP contribution in [0, 0.1) is 0 Å². The maximum absolute atomic E-state index is 8.70. The van der Waals surface area contributed by atoms with Crippen LogP contribution in [0.4, 0.5) is 0 Å². The topological polar surface area (TPSA) is 67.5 Å². The molecular weight excluding hydrogens is 120 g/mol. The largest absolute Gasteiger partial charge is 0.382 e. The van der Waals surface area contributed by atoms with E-state index < -0.39 is 6.23 Å². The normalized spacial score (nSPS) is 17.3. The van der Waals surface area contributed by atoms with Gasteiger partial charge in [0.2, 0.25) is 0 Å². The monoisotopic (exact) mass is 134 g/mol. The van der Waals surface area contributed by atoms with Crippen LogP contribution in [-0.4, -0.2) is 31.2 Å². The molecule has 0 saturated carbocycles. The van der Waals surface area contributed by atoms with Gasteiger partial charge in [-0.1, -0.05) is 0 Å². The molecule has 0 aliphatic heterocycles. The van der Waals surface area contributed by atoms with Crippen LogP contribution in [0.5, 0.6) is 0 Å². The summed E-state index contributed by atoms with van der Waals surface area (Å²) in [5.41, 5.74) is 5.39. The second kappa shape index (κ2) is 4.69. The molecule has 0 amide bonds. The third-order valence-electron chi connectivity index (χ3n) is 0.802. The minimum absolute atomic E-state index is 0.282. The molecule has 4 N–H and O–H groups in total. The maximum Gasteiger partial charge on any atom is 0.103 e. The summed E-state index contributed by atoms with van der Waals surface area (Å²) in [4.78, 5) is 0. The van der Waals surface area contributed by atoms with Crippen molar-refractivity contribution in [2.24, 2.45) is 5.73 Å². The molecule has 0 spiro atoms. The lowest BCUT2D eigenvalue weighted by Crippen LogP contribution is -2.45. The molecule has 2 atom stereocenters. The summed E-state index contributed by atoms with van der Waals surface area (Å²) in [6, 6.07) is 0. The van der Waals surface area contributed by atoms with Gasteiger partial charge in [0.25, 0.3) is 0 Å². The molecule has 0 aliphatic rings. The van der Waals surface area contributed by atoms with Gasteiger partial charge in [0.1, 0.15) is 6.23 Å². The molecule has 56 valence electrons. The zero-order valence-electron chi connectivity index (χ0n) is 5.79. The van der Waals surface area contributed by atoms with Gasteiger partial charge in [-0.05, 0) is 6.92 Å². The summed E-state index contributed by atoms with van der Waals surface area (Å²) >= 11 is 0. The number of aliphatic hydroxyl groups excluding tert-OH is 1. The Morgan fingerprint density at radius 3 is 2.67 bits per heavy atom. The van der Waals surface area contributed by atoms with Crippen molar-refractivity contribution in [2.75, 3.05) is 13.7 Å². The quantitative estimate of drug-likeness (QED) is 0.424. The van der Waals surface area contributed by atoms with Gasteiger partial charge in [-0.2, -0.15) is 0 Å². The Kier molecular flexibility index (Phi) is 4.61. The Bertz CT molecular complexity index is 68.0. The van der Waals surface area contributed by atoms with Crippen molar-refractivity contribution in [3.63, 3.8) is 0 Å². The number of nitrogens with one attached hydrogen (secondary N) is 1. The van der Waals surface area contributed by atoms with Crippen LogP contribution in [0.15, 0.2) is 0 Å². The number of hydrogen-bond acceptors (Lipinski definition) is 4. The van der Waals surface area contributed by atoms with Crippen molar-refractivity contribution in [3.8, 4) is 0 Å². The highest BCUT2D eigenvalue weighted by atomic mass is 16.5. The molecular formula is C5H14N2O2. The maximum atomic E-state index is 8.70. The molecule has 0 heterocycles. The average molecular weight is 134 g/mol. The van der Waals surface area contributed by atoms with Crippen molar-refractivity contribution in [1.29, 1.82) is 0 Å². The first kappa shape index (κ1) is 8.84. The fraction of sp³-hybridized carbons (Fsp3) is 1.00. The second-order valence-corrected chi connectivity index (χ2v) is 1.90. The minimum Gasteiger partial charge on any atom is -0.382 e. The molecule has 0 radical (unpaired) electrons. The third kappa shape index (κ3) is 5.72. The molecule has 2 unspecified atom stereocenters. The van der Waals surface area contributed by atoms with Crippen LogP contribution in [-0.2, 0) is 4.74 Å². The molecule has 0 aliphatic carbocycles. The number of rotatable bonds is 4. The molecule has 0 rings (SSSR count). The van der Waals surface area contributed by atoms with E-state index >= 15 is 0 Å². The van der Waals surface area contributed by atoms with Crippen molar-refractivity contribution in [3.05, 3.63) is 0 Å². The Balaban J connectivity index is 3.15. The van der Waals surface area contributed by atoms with E-state index in [9.17, 15) is 0 Å². The van der Waals surface area contributed by atoms with Gasteiger partial charge in [0, 0.05) is 7.11 Å². The van der Waals surface area contributed by atoms with E-state index in [0.29, 0.717) is 6.61 Å². The zero-order valence-corrected chi connectivity index (χ0v) is 5.79. The van der Waals surface area contributed by atoms with E-state index in [1.54, 1.807) is 14.0 Å². The SMILES string of the molecule is COCC(N)NC(C)O. The van der Waals surface area contributed by atoms with E-state index in [-0.39, 0.29) is 6.17 Å². The lowest BCUT2D eigenvalue weighted by Gasteiger charge is -2.14. The van der Waals surface area contributed by atoms with Crippen molar-refractivity contribution < 1.29 is 9.84 Å². The molecule has 9 heavy (non-hydrogen) atoms. The first-order valence-corrected chi connectivity index (χ1v) is 2.85. The molecule has 0 aromatic heterocycles. The van der Waals surface area contributed by atoms with Crippen molar-refractivity contribution in [1.82, 2.24) is 5.32 Å². The van der Waals surface area contributed by atoms with E-state index in [0.717, 1.165) is 0 Å². The second-order valence-electron chi connectivity index (χ2n) is 1.90. The van der Waals surface area contributed by atoms with Gasteiger partial charge in [-0.25, -0.2) is 0 Å². The molecule has 4 heteroatoms. The van der Waals surface area contributed by atoms with Gasteiger partial charge in [-0.15, -0.1) is 0 Å². The van der Waals surface area contributed by atoms with Crippen LogP contribution < -0.4 is 11.1 Å². The number of nitrogens with two attached hydrogens (primary N) is 1. The first-order valence-electron chi connectivity index (χ1n) is 2.85. The summed E-state index contributed by atoms with van der Waals surface area (Å²) in [6.07, 6.45) is -0.856. The Morgan fingerprint density at radius 2 is 2.33 bits per heavy atom. The van der Waals surface area contributed by atoms with Crippen molar-refractivity contribution >= 4 is 0 Å². The molecule has 0 bridgehead atoms. The molecule has 0 saturated heterocycles. The number of aliphatic hydroxyl groups is 1. The minimum atomic E-state index is -0.574. The van der Waals surface area contributed by atoms with Crippen LogP contribution in [0.2, 0.25) is 0 Å². The summed E-state index contributed by atoms with van der Waals surface area (Å²) in [7, 11) is 1.56. The highest BCUT2D eigenvalue weighted by molar-refractivity contribution is 4.55. The Labute approximate surface area is 55.0 Å². The predicted octanol–water partition coefficient (Wildman–Crippen LogP) is -1.15. The summed E-state index contributed by atoms with van der Waals surface area (Å²) in [5, 5.41) is 11.4. The lowest BCUT2D eigenvalue weighted by molar-refractivity contribution is 0.103. The first-order chi connectivity index (χ1) is 4.16. The van der Waals surface area contributed by atoms with Crippen molar-refractivity contribution in [2.45, 2.75) is 19.3 Å². The molecule has 0 fully saturated rings. The van der Waals surface area contributed by atoms with Crippen LogP contribution in [0.25, 0.3) is 0 Å². The number of methoxy groups -OCH3 is 1. The fourth-order valence-electron chi connectivity index (χ4n) is 0.537. The fourth-order valence-corrected chi connectivity index (χ4v) is 0.537. The molecule has 0 aromatic rings.